The predicted octanol–water partition coefficient (Wildman–Crippen LogP) is 7.99. The van der Waals surface area contributed by atoms with Gasteiger partial charge in [-0.15, -0.1) is 0 Å². The van der Waals surface area contributed by atoms with Gasteiger partial charge >= 0.3 is 5.97 Å². The van der Waals surface area contributed by atoms with Crippen LogP contribution >= 0.6 is 0 Å². The van der Waals surface area contributed by atoms with Crippen LogP contribution in [0.1, 0.15) is 86.6 Å². The monoisotopic (exact) mass is 512 g/mol. The summed E-state index contributed by atoms with van der Waals surface area (Å²) >= 11 is 0. The average molecular weight is 513 g/mol. The molecular formula is C34H40O4. The number of aromatic carboxylic acids is 1. The molecule has 7 rings (SSSR count). The molecule has 4 bridgehead atoms. The Balaban J connectivity index is 1.35. The van der Waals surface area contributed by atoms with E-state index in [1.807, 2.05) is 18.2 Å². The third kappa shape index (κ3) is 4.96. The van der Waals surface area contributed by atoms with Crippen molar-refractivity contribution in [2.45, 2.75) is 76.0 Å². The standard InChI is InChI=1S/C34H40O4/c35-12-6-2-1-3-7-13-38-32-19-26-10-11-27(29-8-4-5-9-30(29)33(36)37)17-28(26)18-31(32)34-20-23-14-24(21-34)16-25(15-23)22-34/h4-5,8-11,17-19,23-25,35H,1-3,6-7,12-16,20-22H2,(H,36,37). The molecule has 0 unspecified atom stereocenters. The van der Waals surface area contributed by atoms with Gasteiger partial charge in [0.05, 0.1) is 12.2 Å². The lowest BCUT2D eigenvalue weighted by molar-refractivity contribution is -0.00633. The number of rotatable bonds is 11. The van der Waals surface area contributed by atoms with Crippen molar-refractivity contribution < 1.29 is 19.7 Å². The van der Waals surface area contributed by atoms with Crippen molar-refractivity contribution in [3.05, 3.63) is 65.7 Å². The second kappa shape index (κ2) is 10.7. The maximum atomic E-state index is 11.9. The molecule has 0 atom stereocenters. The van der Waals surface area contributed by atoms with Gasteiger partial charge in [-0.1, -0.05) is 49.6 Å². The highest BCUT2D eigenvalue weighted by Gasteiger charge is 2.52. The number of carbonyl (C=O) groups is 1. The van der Waals surface area contributed by atoms with Crippen molar-refractivity contribution in [1.29, 1.82) is 0 Å². The van der Waals surface area contributed by atoms with Crippen molar-refractivity contribution in [1.82, 2.24) is 0 Å². The zero-order chi connectivity index (χ0) is 26.1. The van der Waals surface area contributed by atoms with E-state index in [9.17, 15) is 9.90 Å². The predicted molar refractivity (Wildman–Crippen MR) is 152 cm³/mol. The SMILES string of the molecule is O=C(O)c1ccccc1-c1ccc2cc(OCCCCCCCO)c(C34CC5CC(CC(C5)C3)C4)cc2c1. The van der Waals surface area contributed by atoms with E-state index in [4.69, 9.17) is 9.84 Å². The first-order valence-corrected chi connectivity index (χ1v) is 14.7. The van der Waals surface area contributed by atoms with Crippen LogP contribution in [0.5, 0.6) is 5.75 Å². The average Bonchev–Trinajstić information content (AvgIpc) is 2.91. The third-order valence-electron chi connectivity index (χ3n) is 9.58. The van der Waals surface area contributed by atoms with Gasteiger partial charge in [-0.25, -0.2) is 4.79 Å². The minimum Gasteiger partial charge on any atom is -0.493 e. The molecule has 0 heterocycles. The fourth-order valence-corrected chi connectivity index (χ4v) is 8.27. The van der Waals surface area contributed by atoms with Crippen LogP contribution in [0.4, 0.5) is 0 Å². The van der Waals surface area contributed by atoms with Crippen molar-refractivity contribution in [3.63, 3.8) is 0 Å². The van der Waals surface area contributed by atoms with E-state index >= 15 is 0 Å². The van der Waals surface area contributed by atoms with E-state index < -0.39 is 5.97 Å². The highest BCUT2D eigenvalue weighted by molar-refractivity contribution is 5.98. The largest absolute Gasteiger partial charge is 0.493 e. The molecule has 4 heteroatoms. The lowest BCUT2D eigenvalue weighted by Gasteiger charge is -2.57. The van der Waals surface area contributed by atoms with E-state index in [0.717, 1.165) is 78.7 Å². The van der Waals surface area contributed by atoms with Crippen LogP contribution in [0.15, 0.2) is 54.6 Å². The van der Waals surface area contributed by atoms with Gasteiger partial charge < -0.3 is 14.9 Å². The van der Waals surface area contributed by atoms with Gasteiger partial charge in [-0.2, -0.15) is 0 Å². The number of hydrogen-bond donors (Lipinski definition) is 2. The summed E-state index contributed by atoms with van der Waals surface area (Å²) in [6, 6.07) is 18.3. The molecule has 4 saturated carbocycles. The number of aliphatic hydroxyl groups excluding tert-OH is 1. The van der Waals surface area contributed by atoms with Crippen molar-refractivity contribution >= 4 is 16.7 Å². The van der Waals surface area contributed by atoms with Gasteiger partial charge in [-0.3, -0.25) is 0 Å². The summed E-state index contributed by atoms with van der Waals surface area (Å²) in [4.78, 5) is 11.9. The zero-order valence-corrected chi connectivity index (χ0v) is 22.3. The van der Waals surface area contributed by atoms with E-state index in [2.05, 4.69) is 24.3 Å². The maximum Gasteiger partial charge on any atom is 0.336 e. The molecule has 0 radical (unpaired) electrons. The first-order valence-electron chi connectivity index (χ1n) is 14.7. The number of unbranched alkanes of at least 4 members (excludes halogenated alkanes) is 4. The Hall–Kier alpha value is -2.85. The van der Waals surface area contributed by atoms with Crippen LogP contribution in [0.3, 0.4) is 0 Å². The second-order valence-corrected chi connectivity index (χ2v) is 12.3. The molecule has 4 aliphatic carbocycles. The first kappa shape index (κ1) is 25.4. The lowest BCUT2D eigenvalue weighted by atomic mass is 9.48. The fraction of sp³-hybridized carbons (Fsp3) is 0.500. The van der Waals surface area contributed by atoms with Gasteiger partial charge in [0.25, 0.3) is 0 Å². The van der Waals surface area contributed by atoms with Crippen LogP contribution in [-0.2, 0) is 5.41 Å². The Morgan fingerprint density at radius 2 is 1.50 bits per heavy atom. The quantitative estimate of drug-likeness (QED) is 0.256. The summed E-state index contributed by atoms with van der Waals surface area (Å²) in [5, 5.41) is 21.1. The Kier molecular flexibility index (Phi) is 7.18. The summed E-state index contributed by atoms with van der Waals surface area (Å²) < 4.78 is 6.58. The van der Waals surface area contributed by atoms with E-state index in [1.54, 1.807) is 12.1 Å². The molecule has 0 aromatic heterocycles. The summed E-state index contributed by atoms with van der Waals surface area (Å²) in [5.41, 5.74) is 3.66. The highest BCUT2D eigenvalue weighted by Crippen LogP contribution is 2.62. The topological polar surface area (TPSA) is 66.8 Å². The fourth-order valence-electron chi connectivity index (χ4n) is 8.27. The minimum absolute atomic E-state index is 0.217. The molecule has 0 spiro atoms. The van der Waals surface area contributed by atoms with Crippen LogP contribution < -0.4 is 4.74 Å². The normalized spacial score (nSPS) is 25.7. The number of hydrogen-bond acceptors (Lipinski definition) is 3. The van der Waals surface area contributed by atoms with Gasteiger partial charge in [0.15, 0.2) is 0 Å². The minimum atomic E-state index is -0.893. The number of carboxylic acid groups (broad SMARTS) is 1. The van der Waals surface area contributed by atoms with Crippen molar-refractivity contribution in [2.75, 3.05) is 13.2 Å². The molecule has 2 N–H and O–H groups in total. The lowest BCUT2D eigenvalue weighted by Crippen LogP contribution is -2.48. The van der Waals surface area contributed by atoms with Crippen LogP contribution in [0.2, 0.25) is 0 Å². The molecule has 4 fully saturated rings. The molecule has 4 nitrogen and oxygen atoms in total. The van der Waals surface area contributed by atoms with Crippen LogP contribution in [0, 0.1) is 17.8 Å². The summed E-state index contributed by atoms with van der Waals surface area (Å²) in [6.07, 6.45) is 13.4. The Morgan fingerprint density at radius 1 is 0.816 bits per heavy atom. The molecule has 0 saturated heterocycles. The summed E-state index contributed by atoms with van der Waals surface area (Å²) in [5.74, 6) is 2.73. The van der Waals surface area contributed by atoms with Gasteiger partial charge in [0, 0.05) is 12.2 Å². The van der Waals surface area contributed by atoms with Gasteiger partial charge in [0.1, 0.15) is 5.75 Å². The van der Waals surface area contributed by atoms with E-state index in [1.165, 1.54) is 49.5 Å². The molecule has 0 amide bonds. The zero-order valence-electron chi connectivity index (χ0n) is 22.3. The van der Waals surface area contributed by atoms with Gasteiger partial charge in [0.2, 0.25) is 0 Å². The van der Waals surface area contributed by atoms with Crippen LogP contribution in [0.25, 0.3) is 21.9 Å². The molecule has 0 aliphatic heterocycles. The molecule has 3 aromatic rings. The Labute approximate surface area is 226 Å². The Morgan fingerprint density at radius 3 is 2.21 bits per heavy atom. The second-order valence-electron chi connectivity index (χ2n) is 12.3. The van der Waals surface area contributed by atoms with E-state index in [-0.39, 0.29) is 12.0 Å². The summed E-state index contributed by atoms with van der Waals surface area (Å²) in [6.45, 7) is 1.01. The molecule has 4 aliphatic rings. The van der Waals surface area contributed by atoms with E-state index in [0.29, 0.717) is 5.56 Å². The number of aliphatic hydroxyl groups is 1. The van der Waals surface area contributed by atoms with Gasteiger partial charge in [-0.05, 0) is 121 Å². The third-order valence-corrected chi connectivity index (χ3v) is 9.58. The molecule has 38 heavy (non-hydrogen) atoms. The van der Waals surface area contributed by atoms with Crippen LogP contribution in [-0.4, -0.2) is 29.4 Å². The number of ether oxygens (including phenoxy) is 1. The Bertz CT molecular complexity index is 1270. The first-order chi connectivity index (χ1) is 18.5. The number of benzene rings is 3. The van der Waals surface area contributed by atoms with Crippen molar-refractivity contribution in [2.24, 2.45) is 17.8 Å². The smallest absolute Gasteiger partial charge is 0.336 e. The number of fused-ring (bicyclic) bond motifs is 1. The molecule has 200 valence electrons. The molecule has 3 aromatic carbocycles. The highest BCUT2D eigenvalue weighted by atomic mass is 16.5. The molecular weight excluding hydrogens is 472 g/mol. The maximum absolute atomic E-state index is 11.9. The van der Waals surface area contributed by atoms with Crippen molar-refractivity contribution in [3.8, 4) is 16.9 Å². The summed E-state index contributed by atoms with van der Waals surface area (Å²) in [7, 11) is 0. The number of carboxylic acids is 1.